The minimum absolute atomic E-state index is 0.235. The standard InChI is InChI=1S/C18H20N2O2/c1-2-14-10-18(14,9-1)17-20-19-16(22-17)13-5-7-15(8-6-13)21-11-12-3-4-12/h5-8,12,14H,1-4,9-11H2/t14-,18-/m1/s1. The van der Waals surface area contributed by atoms with Crippen molar-refractivity contribution in [3.63, 3.8) is 0 Å². The van der Waals surface area contributed by atoms with Crippen LogP contribution in [0.5, 0.6) is 5.75 Å². The Morgan fingerprint density at radius 2 is 2.00 bits per heavy atom. The van der Waals surface area contributed by atoms with E-state index in [0.29, 0.717) is 5.89 Å². The minimum Gasteiger partial charge on any atom is -0.493 e. The number of nitrogens with zero attached hydrogens (tertiary/aromatic N) is 2. The van der Waals surface area contributed by atoms with Crippen molar-refractivity contribution in [1.82, 2.24) is 10.2 Å². The Bertz CT molecular complexity index is 689. The first kappa shape index (κ1) is 12.7. The lowest BCUT2D eigenvalue weighted by molar-refractivity contribution is 0.300. The summed E-state index contributed by atoms with van der Waals surface area (Å²) in [7, 11) is 0. The molecule has 3 aliphatic carbocycles. The van der Waals surface area contributed by atoms with Gasteiger partial charge in [-0.25, -0.2) is 0 Å². The van der Waals surface area contributed by atoms with Crippen molar-refractivity contribution in [2.75, 3.05) is 6.61 Å². The third-order valence-electron chi connectivity index (χ3n) is 5.54. The van der Waals surface area contributed by atoms with Crippen molar-refractivity contribution in [3.05, 3.63) is 30.2 Å². The molecule has 1 aromatic heterocycles. The molecule has 0 unspecified atom stereocenters. The zero-order valence-electron chi connectivity index (χ0n) is 12.6. The molecule has 5 rings (SSSR count). The van der Waals surface area contributed by atoms with Crippen molar-refractivity contribution in [2.45, 2.75) is 43.9 Å². The SMILES string of the molecule is c1cc(-c2nnc([C@@]34CCC[C@@H]3C4)o2)ccc1OCC1CC1. The highest BCUT2D eigenvalue weighted by Crippen LogP contribution is 2.64. The average Bonchev–Trinajstić information content (AvgIpc) is 3.42. The average molecular weight is 296 g/mol. The fourth-order valence-electron chi connectivity index (χ4n) is 3.83. The summed E-state index contributed by atoms with van der Waals surface area (Å²) in [5.41, 5.74) is 1.21. The molecule has 0 bridgehead atoms. The van der Waals surface area contributed by atoms with Crippen molar-refractivity contribution in [1.29, 1.82) is 0 Å². The molecule has 2 aromatic rings. The molecule has 0 saturated heterocycles. The van der Waals surface area contributed by atoms with Crippen LogP contribution in [0.15, 0.2) is 28.7 Å². The van der Waals surface area contributed by atoms with Gasteiger partial charge in [0.2, 0.25) is 11.8 Å². The normalized spacial score (nSPS) is 29.4. The fourth-order valence-corrected chi connectivity index (χ4v) is 3.83. The summed E-state index contributed by atoms with van der Waals surface area (Å²) in [5, 5.41) is 8.59. The van der Waals surface area contributed by atoms with Gasteiger partial charge in [-0.15, -0.1) is 10.2 Å². The number of hydrogen-bond donors (Lipinski definition) is 0. The first-order chi connectivity index (χ1) is 10.8. The van der Waals surface area contributed by atoms with Gasteiger partial charge in [-0.1, -0.05) is 6.42 Å². The molecule has 4 heteroatoms. The Balaban J connectivity index is 1.33. The van der Waals surface area contributed by atoms with Crippen LogP contribution in [0.3, 0.4) is 0 Å². The predicted octanol–water partition coefficient (Wildman–Crippen LogP) is 3.97. The second kappa shape index (κ2) is 4.58. The van der Waals surface area contributed by atoms with Crippen LogP contribution < -0.4 is 4.74 Å². The van der Waals surface area contributed by atoms with E-state index in [-0.39, 0.29) is 5.41 Å². The van der Waals surface area contributed by atoms with Crippen LogP contribution >= 0.6 is 0 Å². The van der Waals surface area contributed by atoms with Gasteiger partial charge >= 0.3 is 0 Å². The maximum absolute atomic E-state index is 5.98. The van der Waals surface area contributed by atoms with Gasteiger partial charge in [0, 0.05) is 5.56 Å². The summed E-state index contributed by atoms with van der Waals surface area (Å²) in [6, 6.07) is 8.01. The van der Waals surface area contributed by atoms with E-state index in [1.807, 2.05) is 24.3 Å². The van der Waals surface area contributed by atoms with Crippen LogP contribution in [0.1, 0.15) is 44.4 Å². The van der Waals surface area contributed by atoms with Crippen molar-refractivity contribution >= 4 is 0 Å². The largest absolute Gasteiger partial charge is 0.493 e. The molecule has 1 aromatic carbocycles. The van der Waals surface area contributed by atoms with Gasteiger partial charge in [0.25, 0.3) is 0 Å². The van der Waals surface area contributed by atoms with Crippen LogP contribution in [0.2, 0.25) is 0 Å². The van der Waals surface area contributed by atoms with E-state index in [1.54, 1.807) is 0 Å². The van der Waals surface area contributed by atoms with E-state index in [2.05, 4.69) is 10.2 Å². The lowest BCUT2D eigenvalue weighted by Crippen LogP contribution is -2.05. The molecule has 0 radical (unpaired) electrons. The predicted molar refractivity (Wildman–Crippen MR) is 81.6 cm³/mol. The topological polar surface area (TPSA) is 48.2 Å². The summed E-state index contributed by atoms with van der Waals surface area (Å²) in [5.74, 6) is 3.98. The van der Waals surface area contributed by atoms with Crippen molar-refractivity contribution in [2.24, 2.45) is 11.8 Å². The molecule has 4 nitrogen and oxygen atoms in total. The number of rotatable bonds is 5. The molecule has 3 aliphatic rings. The zero-order chi connectivity index (χ0) is 14.6. The Hall–Kier alpha value is -1.84. The molecule has 114 valence electrons. The molecule has 0 N–H and O–H groups in total. The van der Waals surface area contributed by atoms with Crippen LogP contribution in [0.25, 0.3) is 11.5 Å². The number of fused-ring (bicyclic) bond motifs is 1. The van der Waals surface area contributed by atoms with Gasteiger partial charge in [0.15, 0.2) is 0 Å². The molecule has 3 saturated carbocycles. The quantitative estimate of drug-likeness (QED) is 0.837. The molecule has 1 heterocycles. The Morgan fingerprint density at radius 3 is 2.68 bits per heavy atom. The monoisotopic (exact) mass is 296 g/mol. The van der Waals surface area contributed by atoms with Gasteiger partial charge in [0.1, 0.15) is 5.75 Å². The Kier molecular flexibility index (Phi) is 2.64. The van der Waals surface area contributed by atoms with E-state index in [1.165, 1.54) is 38.5 Å². The summed E-state index contributed by atoms with van der Waals surface area (Å²) < 4.78 is 11.7. The number of ether oxygens (including phenoxy) is 1. The maximum Gasteiger partial charge on any atom is 0.247 e. The van der Waals surface area contributed by atoms with Crippen LogP contribution in [-0.4, -0.2) is 16.8 Å². The third-order valence-corrected chi connectivity index (χ3v) is 5.54. The smallest absolute Gasteiger partial charge is 0.247 e. The number of aromatic nitrogens is 2. The summed E-state index contributed by atoms with van der Waals surface area (Å²) in [6.45, 7) is 0.841. The van der Waals surface area contributed by atoms with E-state index in [9.17, 15) is 0 Å². The second-order valence-corrected chi connectivity index (χ2v) is 7.14. The van der Waals surface area contributed by atoms with Gasteiger partial charge in [-0.05, 0) is 68.2 Å². The highest BCUT2D eigenvalue weighted by molar-refractivity contribution is 5.54. The van der Waals surface area contributed by atoms with Gasteiger partial charge < -0.3 is 9.15 Å². The van der Waals surface area contributed by atoms with E-state index >= 15 is 0 Å². The van der Waals surface area contributed by atoms with E-state index < -0.39 is 0 Å². The van der Waals surface area contributed by atoms with Crippen molar-refractivity contribution < 1.29 is 9.15 Å². The summed E-state index contributed by atoms with van der Waals surface area (Å²) in [6.07, 6.45) is 7.70. The van der Waals surface area contributed by atoms with Crippen molar-refractivity contribution in [3.8, 4) is 17.2 Å². The summed E-state index contributed by atoms with van der Waals surface area (Å²) >= 11 is 0. The fraction of sp³-hybridized carbons (Fsp3) is 0.556. The first-order valence-corrected chi connectivity index (χ1v) is 8.41. The summed E-state index contributed by atoms with van der Waals surface area (Å²) in [4.78, 5) is 0. The second-order valence-electron chi connectivity index (χ2n) is 7.14. The molecular weight excluding hydrogens is 276 g/mol. The molecule has 0 aliphatic heterocycles. The Morgan fingerprint density at radius 1 is 1.14 bits per heavy atom. The van der Waals surface area contributed by atoms with Gasteiger partial charge in [0.05, 0.1) is 12.0 Å². The highest BCUT2D eigenvalue weighted by atomic mass is 16.5. The lowest BCUT2D eigenvalue weighted by atomic mass is 10.0. The molecule has 22 heavy (non-hydrogen) atoms. The molecule has 2 atom stereocenters. The van der Waals surface area contributed by atoms with E-state index in [4.69, 9.17) is 9.15 Å². The van der Waals surface area contributed by atoms with Crippen LogP contribution in [0, 0.1) is 11.8 Å². The Labute approximate surface area is 129 Å². The first-order valence-electron chi connectivity index (χ1n) is 8.41. The number of benzene rings is 1. The van der Waals surface area contributed by atoms with Gasteiger partial charge in [-0.3, -0.25) is 0 Å². The van der Waals surface area contributed by atoms with Crippen LogP contribution in [-0.2, 0) is 5.41 Å². The molecular formula is C18H20N2O2. The molecule has 0 amide bonds. The van der Waals surface area contributed by atoms with Gasteiger partial charge in [-0.2, -0.15) is 0 Å². The number of hydrogen-bond acceptors (Lipinski definition) is 4. The molecule has 0 spiro atoms. The highest BCUT2D eigenvalue weighted by Gasteiger charge is 2.61. The van der Waals surface area contributed by atoms with E-state index in [0.717, 1.165) is 35.6 Å². The third kappa shape index (κ3) is 2.04. The minimum atomic E-state index is 0.235. The lowest BCUT2D eigenvalue weighted by Gasteiger charge is -2.05. The zero-order valence-corrected chi connectivity index (χ0v) is 12.6. The molecule has 3 fully saturated rings. The maximum atomic E-state index is 5.98. The van der Waals surface area contributed by atoms with Crippen LogP contribution in [0.4, 0.5) is 0 Å².